The lowest BCUT2D eigenvalue weighted by Gasteiger charge is -2.38. The van der Waals surface area contributed by atoms with Crippen LogP contribution >= 0.6 is 0 Å². The van der Waals surface area contributed by atoms with Crippen molar-refractivity contribution in [1.29, 1.82) is 0 Å². The molecule has 0 radical (unpaired) electrons. The number of sulfonamides is 1. The van der Waals surface area contributed by atoms with Crippen LogP contribution in [0.1, 0.15) is 80.4 Å². The maximum Gasteiger partial charge on any atom is 0.301 e. The van der Waals surface area contributed by atoms with E-state index in [0.29, 0.717) is 17.0 Å². The molecule has 1 N–H and O–H groups in total. The van der Waals surface area contributed by atoms with Gasteiger partial charge in [-0.25, -0.2) is 12.8 Å². The van der Waals surface area contributed by atoms with Crippen molar-refractivity contribution in [1.82, 2.24) is 10.2 Å². The average Bonchev–Trinajstić information content (AvgIpc) is 3.64. The average molecular weight is 500 g/mol. The van der Waals surface area contributed by atoms with Gasteiger partial charge in [0.1, 0.15) is 16.7 Å². The fourth-order valence-electron chi connectivity index (χ4n) is 5.55. The van der Waals surface area contributed by atoms with Gasteiger partial charge in [-0.3, -0.25) is 0 Å². The lowest BCUT2D eigenvalue weighted by molar-refractivity contribution is 0.0768. The number of nitrogens with zero attached hydrogens (tertiary/aromatic N) is 2. The van der Waals surface area contributed by atoms with Crippen LogP contribution in [0.15, 0.2) is 52.9 Å². The van der Waals surface area contributed by atoms with E-state index in [2.05, 4.69) is 26.7 Å². The number of benzene rings is 2. The summed E-state index contributed by atoms with van der Waals surface area (Å²) in [6.45, 7) is 7.53. The van der Waals surface area contributed by atoms with E-state index in [1.165, 1.54) is 24.5 Å². The highest BCUT2D eigenvalue weighted by Crippen LogP contribution is 2.41. The number of hydrogen-bond acceptors (Lipinski definition) is 5. The predicted octanol–water partition coefficient (Wildman–Crippen LogP) is 5.05. The molecule has 0 spiro atoms. The Morgan fingerprint density at radius 3 is 2.26 bits per heavy atom. The molecule has 1 unspecified atom stereocenters. The van der Waals surface area contributed by atoms with E-state index in [4.69, 9.17) is 4.74 Å². The SMILES string of the molecule is C[C@H](NC1=NS(=O)(=O)C(c2ccc(C3CCN(C4CC4)CC3)cc2)C(C)(C)O1)c1ccccc1F. The lowest BCUT2D eigenvalue weighted by atomic mass is 9.88. The molecule has 0 amide bonds. The van der Waals surface area contributed by atoms with Gasteiger partial charge < -0.3 is 15.0 Å². The third kappa shape index (κ3) is 5.09. The molecule has 35 heavy (non-hydrogen) atoms. The quantitative estimate of drug-likeness (QED) is 0.623. The number of rotatable bonds is 5. The largest absolute Gasteiger partial charge is 0.457 e. The minimum atomic E-state index is -3.92. The van der Waals surface area contributed by atoms with Gasteiger partial charge in [-0.05, 0) is 82.7 Å². The van der Waals surface area contributed by atoms with Crippen molar-refractivity contribution < 1.29 is 17.5 Å². The number of hydrogen-bond donors (Lipinski definition) is 1. The zero-order valence-electron chi connectivity index (χ0n) is 20.6. The van der Waals surface area contributed by atoms with Crippen molar-refractivity contribution in [3.63, 3.8) is 0 Å². The fraction of sp³-hybridized carbons (Fsp3) is 0.519. The first-order valence-corrected chi connectivity index (χ1v) is 14.0. The van der Waals surface area contributed by atoms with Gasteiger partial charge in [-0.1, -0.05) is 42.5 Å². The molecule has 2 aromatic carbocycles. The Balaban J connectivity index is 1.32. The van der Waals surface area contributed by atoms with Crippen LogP contribution in [0, 0.1) is 5.82 Å². The second-order valence-electron chi connectivity index (χ2n) is 10.6. The fourth-order valence-corrected chi connectivity index (χ4v) is 7.24. The van der Waals surface area contributed by atoms with Gasteiger partial charge >= 0.3 is 6.02 Å². The molecule has 5 rings (SSSR count). The van der Waals surface area contributed by atoms with Crippen molar-refractivity contribution in [3.8, 4) is 0 Å². The molecule has 2 fully saturated rings. The standard InChI is InChI=1S/C27H34FN3O3S/c1-18(23-6-4-5-7-24(23)28)29-26-30-35(32,33)25(27(2,3)34-26)21-10-8-19(9-11-21)20-14-16-31(17-15-20)22-12-13-22/h4-11,18,20,22,25H,12-17H2,1-3H3,(H,29,30)/t18-,25?/m0/s1. The Bertz CT molecular complexity index is 1200. The van der Waals surface area contributed by atoms with E-state index in [1.54, 1.807) is 39.0 Å². The highest BCUT2D eigenvalue weighted by atomic mass is 32.2. The van der Waals surface area contributed by atoms with Crippen LogP contribution in [0.3, 0.4) is 0 Å². The molecule has 188 valence electrons. The molecule has 0 aromatic heterocycles. The number of amidine groups is 1. The summed E-state index contributed by atoms with van der Waals surface area (Å²) < 4.78 is 50.7. The van der Waals surface area contributed by atoms with E-state index in [-0.39, 0.29) is 11.8 Å². The molecular formula is C27H34FN3O3S. The van der Waals surface area contributed by atoms with Gasteiger partial charge in [0.05, 0.1) is 6.04 Å². The molecule has 6 nitrogen and oxygen atoms in total. The zero-order chi connectivity index (χ0) is 24.8. The minimum Gasteiger partial charge on any atom is -0.457 e. The number of nitrogens with one attached hydrogen (secondary N) is 1. The second-order valence-corrected chi connectivity index (χ2v) is 12.3. The molecule has 3 aliphatic rings. The molecule has 2 atom stereocenters. The minimum absolute atomic E-state index is 0.110. The third-order valence-corrected chi connectivity index (χ3v) is 9.37. The summed E-state index contributed by atoms with van der Waals surface area (Å²) in [5, 5.41) is 2.00. The predicted molar refractivity (Wildman–Crippen MR) is 135 cm³/mol. The Hall–Kier alpha value is -2.45. The number of piperidine rings is 1. The maximum atomic E-state index is 14.2. The number of halogens is 1. The van der Waals surface area contributed by atoms with Crippen molar-refractivity contribution >= 4 is 16.0 Å². The molecule has 8 heteroatoms. The van der Waals surface area contributed by atoms with Gasteiger partial charge in [0.2, 0.25) is 0 Å². The van der Waals surface area contributed by atoms with Crippen LogP contribution in [-0.4, -0.2) is 44.1 Å². The Morgan fingerprint density at radius 1 is 1.03 bits per heavy atom. The Labute approximate surface area is 207 Å². The maximum absolute atomic E-state index is 14.2. The van der Waals surface area contributed by atoms with E-state index < -0.39 is 26.9 Å². The molecule has 2 aromatic rings. The van der Waals surface area contributed by atoms with Crippen LogP contribution in [0.25, 0.3) is 0 Å². The molecule has 0 bridgehead atoms. The molecule has 2 heterocycles. The molecule has 1 saturated carbocycles. The van der Waals surface area contributed by atoms with Crippen LogP contribution in [0.2, 0.25) is 0 Å². The smallest absolute Gasteiger partial charge is 0.301 e. The Kier molecular flexibility index (Phi) is 6.38. The van der Waals surface area contributed by atoms with Crippen LogP contribution in [-0.2, 0) is 14.8 Å². The van der Waals surface area contributed by atoms with Crippen molar-refractivity contribution in [2.45, 2.75) is 75.3 Å². The van der Waals surface area contributed by atoms with Crippen LogP contribution in [0.4, 0.5) is 4.39 Å². The van der Waals surface area contributed by atoms with Crippen LogP contribution in [0.5, 0.6) is 0 Å². The first-order chi connectivity index (χ1) is 16.6. The first-order valence-electron chi connectivity index (χ1n) is 12.5. The second kappa shape index (κ2) is 9.21. The van der Waals surface area contributed by atoms with E-state index in [1.807, 2.05) is 12.1 Å². The van der Waals surface area contributed by atoms with Gasteiger partial charge in [-0.2, -0.15) is 0 Å². The number of ether oxygens (including phenoxy) is 1. The van der Waals surface area contributed by atoms with Gasteiger partial charge in [-0.15, -0.1) is 4.40 Å². The van der Waals surface area contributed by atoms with E-state index >= 15 is 0 Å². The normalized spacial score (nSPS) is 25.4. The monoisotopic (exact) mass is 499 g/mol. The van der Waals surface area contributed by atoms with E-state index in [9.17, 15) is 12.8 Å². The van der Waals surface area contributed by atoms with Gasteiger partial charge in [0.15, 0.2) is 0 Å². The van der Waals surface area contributed by atoms with Crippen LogP contribution < -0.4 is 5.32 Å². The van der Waals surface area contributed by atoms with E-state index in [0.717, 1.165) is 32.0 Å². The summed E-state index contributed by atoms with van der Waals surface area (Å²) in [5.74, 6) is 0.141. The molecule has 1 saturated heterocycles. The van der Waals surface area contributed by atoms with Crippen molar-refractivity contribution in [2.75, 3.05) is 13.1 Å². The summed E-state index contributed by atoms with van der Waals surface area (Å²) >= 11 is 0. The highest BCUT2D eigenvalue weighted by molar-refractivity contribution is 7.90. The number of likely N-dealkylation sites (tertiary alicyclic amines) is 1. The summed E-state index contributed by atoms with van der Waals surface area (Å²) in [6, 6.07) is 14.5. The van der Waals surface area contributed by atoms with Crippen molar-refractivity contribution in [3.05, 3.63) is 71.0 Å². The molecule has 2 aliphatic heterocycles. The summed E-state index contributed by atoms with van der Waals surface area (Å²) in [7, 11) is -3.92. The Morgan fingerprint density at radius 2 is 1.66 bits per heavy atom. The van der Waals surface area contributed by atoms with Crippen molar-refractivity contribution in [2.24, 2.45) is 4.40 Å². The highest BCUT2D eigenvalue weighted by Gasteiger charge is 2.47. The third-order valence-electron chi connectivity index (χ3n) is 7.51. The first kappa shape index (κ1) is 24.3. The molecular weight excluding hydrogens is 465 g/mol. The van der Waals surface area contributed by atoms with Gasteiger partial charge in [0, 0.05) is 11.6 Å². The zero-order valence-corrected chi connectivity index (χ0v) is 21.4. The summed E-state index contributed by atoms with van der Waals surface area (Å²) in [5.41, 5.74) is 1.28. The summed E-state index contributed by atoms with van der Waals surface area (Å²) in [6.07, 6.45) is 4.97. The topological polar surface area (TPSA) is 71.0 Å². The van der Waals surface area contributed by atoms with Gasteiger partial charge in [0.25, 0.3) is 10.0 Å². The summed E-state index contributed by atoms with van der Waals surface area (Å²) in [4.78, 5) is 2.61. The molecule has 1 aliphatic carbocycles. The lowest BCUT2D eigenvalue weighted by Crippen LogP contribution is -2.47.